The molecular formula is C12H17. The smallest absolute Gasteiger partial charge is 0.00825 e. The molecule has 1 fully saturated rings. The second kappa shape index (κ2) is 3.08. The van der Waals surface area contributed by atoms with E-state index in [0.717, 1.165) is 11.8 Å². The van der Waals surface area contributed by atoms with Gasteiger partial charge in [-0.05, 0) is 44.9 Å². The number of hydrogen-bond donors (Lipinski definition) is 0. The average molecular weight is 161 g/mol. The summed E-state index contributed by atoms with van der Waals surface area (Å²) in [5.41, 5.74) is 3.01. The molecule has 1 radical (unpaired) electrons. The van der Waals surface area contributed by atoms with E-state index in [0.29, 0.717) is 0 Å². The Morgan fingerprint density at radius 3 is 2.75 bits per heavy atom. The van der Waals surface area contributed by atoms with Crippen molar-refractivity contribution < 1.29 is 0 Å². The van der Waals surface area contributed by atoms with Gasteiger partial charge < -0.3 is 0 Å². The molecule has 0 heterocycles. The van der Waals surface area contributed by atoms with Crippen LogP contribution in [0.2, 0.25) is 0 Å². The quantitative estimate of drug-likeness (QED) is 0.581. The Balaban J connectivity index is 1.98. The number of rotatable bonds is 2. The van der Waals surface area contributed by atoms with Crippen molar-refractivity contribution in [3.63, 3.8) is 0 Å². The first-order valence-electron chi connectivity index (χ1n) is 4.95. The van der Waals surface area contributed by atoms with Gasteiger partial charge in [0.25, 0.3) is 0 Å². The minimum absolute atomic E-state index is 0.908. The van der Waals surface area contributed by atoms with Crippen LogP contribution in [0.25, 0.3) is 0 Å². The Morgan fingerprint density at radius 2 is 2.25 bits per heavy atom. The van der Waals surface area contributed by atoms with Gasteiger partial charge in [0, 0.05) is 6.42 Å². The van der Waals surface area contributed by atoms with Crippen molar-refractivity contribution in [3.05, 3.63) is 29.7 Å². The van der Waals surface area contributed by atoms with Crippen LogP contribution in [0, 0.1) is 18.3 Å². The molecule has 0 aromatic carbocycles. The van der Waals surface area contributed by atoms with Crippen molar-refractivity contribution >= 4 is 0 Å². The van der Waals surface area contributed by atoms with Crippen LogP contribution >= 0.6 is 0 Å². The molecule has 2 bridgehead atoms. The highest BCUT2D eigenvalue weighted by molar-refractivity contribution is 5.31. The molecule has 0 aliphatic heterocycles. The second-order valence-electron chi connectivity index (χ2n) is 4.35. The molecule has 2 aliphatic rings. The zero-order valence-corrected chi connectivity index (χ0v) is 8.01. The predicted molar refractivity (Wildman–Crippen MR) is 52.6 cm³/mol. The predicted octanol–water partition coefficient (Wildman–Crippen LogP) is 3.51. The Morgan fingerprint density at radius 1 is 1.42 bits per heavy atom. The number of allylic oxidation sites excluding steroid dienone is 4. The number of fused-ring (bicyclic) bond motifs is 2. The standard InChI is InChI=1S/C12H17/c1-9(2)3-5-11-7-10-4-6-12(11)8-10/h3,5,7,10,12H,4,6,8H2,1-2H3. The highest BCUT2D eigenvalue weighted by Crippen LogP contribution is 2.44. The maximum atomic E-state index is 2.48. The lowest BCUT2D eigenvalue weighted by Crippen LogP contribution is -1.96. The molecule has 0 heteroatoms. The lowest BCUT2D eigenvalue weighted by Gasteiger charge is -2.10. The average Bonchev–Trinajstić information content (AvgIpc) is 2.60. The van der Waals surface area contributed by atoms with Crippen molar-refractivity contribution in [3.8, 4) is 0 Å². The van der Waals surface area contributed by atoms with E-state index in [-0.39, 0.29) is 0 Å². The lowest BCUT2D eigenvalue weighted by molar-refractivity contribution is 0.665. The molecule has 0 saturated heterocycles. The summed E-state index contributed by atoms with van der Waals surface area (Å²) in [5.74, 6) is 1.83. The highest BCUT2D eigenvalue weighted by Gasteiger charge is 2.31. The Bertz CT molecular complexity index is 228. The fourth-order valence-electron chi connectivity index (χ4n) is 2.33. The van der Waals surface area contributed by atoms with Gasteiger partial charge in [-0.2, -0.15) is 0 Å². The van der Waals surface area contributed by atoms with Crippen LogP contribution in [-0.4, -0.2) is 0 Å². The molecule has 65 valence electrons. The summed E-state index contributed by atoms with van der Waals surface area (Å²) in [6.45, 7) is 4.31. The van der Waals surface area contributed by atoms with Gasteiger partial charge in [-0.1, -0.05) is 23.3 Å². The third-order valence-electron chi connectivity index (χ3n) is 2.98. The summed E-state index contributed by atoms with van der Waals surface area (Å²) in [5, 5.41) is 0. The molecule has 0 N–H and O–H groups in total. The van der Waals surface area contributed by atoms with Crippen LogP contribution < -0.4 is 0 Å². The van der Waals surface area contributed by atoms with Crippen LogP contribution in [-0.2, 0) is 0 Å². The van der Waals surface area contributed by atoms with Crippen molar-refractivity contribution in [2.75, 3.05) is 0 Å². The van der Waals surface area contributed by atoms with Crippen LogP contribution in [0.15, 0.2) is 23.3 Å². The van der Waals surface area contributed by atoms with Gasteiger partial charge in [-0.25, -0.2) is 0 Å². The summed E-state index contributed by atoms with van der Waals surface area (Å²) >= 11 is 0. The van der Waals surface area contributed by atoms with Gasteiger partial charge in [0.2, 0.25) is 0 Å². The van der Waals surface area contributed by atoms with Gasteiger partial charge in [-0.15, -0.1) is 0 Å². The Labute approximate surface area is 75.4 Å². The van der Waals surface area contributed by atoms with Gasteiger partial charge in [0.15, 0.2) is 0 Å². The molecule has 2 rings (SSSR count). The molecule has 0 spiro atoms. The van der Waals surface area contributed by atoms with Crippen molar-refractivity contribution in [2.45, 2.75) is 33.1 Å². The van der Waals surface area contributed by atoms with Crippen molar-refractivity contribution in [1.82, 2.24) is 0 Å². The van der Waals surface area contributed by atoms with E-state index in [2.05, 4.69) is 32.4 Å². The summed E-state index contributed by atoms with van der Waals surface area (Å²) in [7, 11) is 0. The topological polar surface area (TPSA) is 0 Å². The van der Waals surface area contributed by atoms with Crippen LogP contribution in [0.3, 0.4) is 0 Å². The van der Waals surface area contributed by atoms with E-state index in [1.807, 2.05) is 0 Å². The molecule has 2 aliphatic carbocycles. The van der Waals surface area contributed by atoms with Crippen LogP contribution in [0.1, 0.15) is 33.1 Å². The van der Waals surface area contributed by atoms with Gasteiger partial charge in [-0.3, -0.25) is 0 Å². The van der Waals surface area contributed by atoms with E-state index in [9.17, 15) is 0 Å². The van der Waals surface area contributed by atoms with E-state index >= 15 is 0 Å². The van der Waals surface area contributed by atoms with Gasteiger partial charge in [0.1, 0.15) is 0 Å². The normalized spacial score (nSPS) is 32.0. The largest absolute Gasteiger partial charge is 0.0813 e. The molecular weight excluding hydrogens is 144 g/mol. The van der Waals surface area contributed by atoms with E-state index in [4.69, 9.17) is 0 Å². The molecule has 1 saturated carbocycles. The molecule has 12 heavy (non-hydrogen) atoms. The third kappa shape index (κ3) is 1.48. The molecule has 2 atom stereocenters. The molecule has 0 aromatic rings. The summed E-state index contributed by atoms with van der Waals surface area (Å²) < 4.78 is 0. The first-order valence-corrected chi connectivity index (χ1v) is 4.95. The van der Waals surface area contributed by atoms with Crippen molar-refractivity contribution in [1.29, 1.82) is 0 Å². The zero-order chi connectivity index (χ0) is 8.55. The second-order valence-corrected chi connectivity index (χ2v) is 4.35. The fourth-order valence-corrected chi connectivity index (χ4v) is 2.33. The minimum Gasteiger partial charge on any atom is -0.0813 e. The first kappa shape index (κ1) is 8.10. The minimum atomic E-state index is 0.908. The molecule has 0 nitrogen and oxygen atoms in total. The monoisotopic (exact) mass is 161 g/mol. The fraction of sp³-hybridized carbons (Fsp3) is 0.583. The lowest BCUT2D eigenvalue weighted by atomic mass is 9.95. The Hall–Kier alpha value is -0.520. The highest BCUT2D eigenvalue weighted by atomic mass is 14.4. The zero-order valence-electron chi connectivity index (χ0n) is 8.01. The van der Waals surface area contributed by atoms with Crippen LogP contribution in [0.5, 0.6) is 0 Å². The maximum absolute atomic E-state index is 2.48. The first-order chi connectivity index (χ1) is 5.75. The summed E-state index contributed by atoms with van der Waals surface area (Å²) in [6, 6.07) is 0. The molecule has 2 unspecified atom stereocenters. The third-order valence-corrected chi connectivity index (χ3v) is 2.98. The van der Waals surface area contributed by atoms with E-state index in [1.54, 1.807) is 5.57 Å². The van der Waals surface area contributed by atoms with Crippen LogP contribution in [0.4, 0.5) is 0 Å². The number of hydrogen-bond acceptors (Lipinski definition) is 0. The van der Waals surface area contributed by atoms with E-state index in [1.165, 1.54) is 24.8 Å². The van der Waals surface area contributed by atoms with E-state index < -0.39 is 0 Å². The van der Waals surface area contributed by atoms with Gasteiger partial charge in [0.05, 0.1) is 0 Å². The Kier molecular flexibility index (Phi) is 2.08. The SMILES string of the molecule is CC(C)=C[CH]C1=CC2CCC1C2. The van der Waals surface area contributed by atoms with Gasteiger partial charge >= 0.3 is 0 Å². The summed E-state index contributed by atoms with van der Waals surface area (Å²) in [6.07, 6.45) is 11.3. The molecule has 0 amide bonds. The summed E-state index contributed by atoms with van der Waals surface area (Å²) in [4.78, 5) is 0. The molecule has 0 aromatic heterocycles. The van der Waals surface area contributed by atoms with Crippen molar-refractivity contribution in [2.24, 2.45) is 11.8 Å². The maximum Gasteiger partial charge on any atom is 0.00825 e.